The molecule has 0 bridgehead atoms. The van der Waals surface area contributed by atoms with E-state index in [0.717, 1.165) is 23.4 Å². The Morgan fingerprint density at radius 2 is 1.79 bits per heavy atom. The van der Waals surface area contributed by atoms with Gasteiger partial charge in [-0.05, 0) is 35.0 Å². The van der Waals surface area contributed by atoms with E-state index in [-0.39, 0.29) is 5.92 Å². The highest BCUT2D eigenvalue weighted by Gasteiger charge is 2.33. The van der Waals surface area contributed by atoms with Crippen molar-refractivity contribution in [3.8, 4) is 5.75 Å². The van der Waals surface area contributed by atoms with E-state index in [9.17, 15) is 5.11 Å². The smallest absolute Gasteiger partial charge is 0.137 e. The molecule has 1 heterocycles. The maximum absolute atomic E-state index is 10.6. The Morgan fingerprint density at radius 1 is 1.00 bits per heavy atom. The zero-order valence-electron chi connectivity index (χ0n) is 13.9. The number of aliphatic hydroxyl groups is 1. The molecule has 0 saturated carbocycles. The molecule has 3 aromatic rings. The molecule has 0 fully saturated rings. The van der Waals surface area contributed by atoms with Crippen LogP contribution in [0.5, 0.6) is 5.75 Å². The van der Waals surface area contributed by atoms with Gasteiger partial charge in [-0.15, -0.1) is 0 Å². The molecule has 2 unspecified atom stereocenters. The van der Waals surface area contributed by atoms with Gasteiger partial charge < -0.3 is 9.84 Å². The first-order chi connectivity index (χ1) is 11.7. The van der Waals surface area contributed by atoms with Gasteiger partial charge in [0.15, 0.2) is 0 Å². The van der Waals surface area contributed by atoms with Gasteiger partial charge in [-0.25, -0.2) is 0 Å². The summed E-state index contributed by atoms with van der Waals surface area (Å²) >= 11 is 0. The van der Waals surface area contributed by atoms with E-state index in [2.05, 4.69) is 48.5 Å². The Hall–Kier alpha value is -2.36. The van der Waals surface area contributed by atoms with Gasteiger partial charge in [0.25, 0.3) is 0 Å². The summed E-state index contributed by atoms with van der Waals surface area (Å²) in [7, 11) is 3.61. The molecule has 0 amide bonds. The van der Waals surface area contributed by atoms with Crippen LogP contribution in [0.25, 0.3) is 10.8 Å². The van der Waals surface area contributed by atoms with E-state index in [0.29, 0.717) is 0 Å². The van der Waals surface area contributed by atoms with Gasteiger partial charge in [0, 0.05) is 18.0 Å². The summed E-state index contributed by atoms with van der Waals surface area (Å²) in [6.45, 7) is 0.777. The van der Waals surface area contributed by atoms with Gasteiger partial charge >= 0.3 is 0 Å². The number of likely N-dealkylation sites (N-methyl/N-ethyl adjacent to an activating group) is 1. The largest absolute Gasteiger partial charge is 0.496 e. The lowest BCUT2D eigenvalue weighted by Crippen LogP contribution is -2.35. The Morgan fingerprint density at radius 3 is 2.58 bits per heavy atom. The standard InChI is InChI=1S/C21H21NO2/c1-22-13-18(16-11-10-14-6-3-4-7-15(14)12-16)17-8-5-9-19(24-2)20(17)21(22)23/h3-12,18,21,23H,13H2,1-2H3. The monoisotopic (exact) mass is 319 g/mol. The second-order valence-corrected chi connectivity index (χ2v) is 6.44. The number of benzene rings is 3. The highest BCUT2D eigenvalue weighted by Crippen LogP contribution is 2.42. The fraction of sp³-hybridized carbons (Fsp3) is 0.238. The van der Waals surface area contributed by atoms with Gasteiger partial charge in [0.1, 0.15) is 12.0 Å². The molecule has 3 aromatic carbocycles. The molecular formula is C21H21NO2. The molecule has 3 nitrogen and oxygen atoms in total. The van der Waals surface area contributed by atoms with Gasteiger partial charge in [0.2, 0.25) is 0 Å². The van der Waals surface area contributed by atoms with Crippen molar-refractivity contribution in [3.63, 3.8) is 0 Å². The maximum atomic E-state index is 10.6. The van der Waals surface area contributed by atoms with Gasteiger partial charge in [-0.1, -0.05) is 54.6 Å². The number of nitrogens with zero attached hydrogens (tertiary/aromatic N) is 1. The van der Waals surface area contributed by atoms with Crippen LogP contribution < -0.4 is 4.74 Å². The van der Waals surface area contributed by atoms with Crippen LogP contribution in [-0.2, 0) is 0 Å². The third-order valence-electron chi connectivity index (χ3n) is 5.02. The number of hydrogen-bond acceptors (Lipinski definition) is 3. The average molecular weight is 319 g/mol. The van der Waals surface area contributed by atoms with Gasteiger partial charge in [-0.3, -0.25) is 4.90 Å². The molecule has 0 aromatic heterocycles. The topological polar surface area (TPSA) is 32.7 Å². The minimum absolute atomic E-state index is 0.216. The first-order valence-corrected chi connectivity index (χ1v) is 8.23. The van der Waals surface area contributed by atoms with Crippen molar-refractivity contribution in [1.29, 1.82) is 0 Å². The summed E-state index contributed by atoms with van der Waals surface area (Å²) in [6.07, 6.45) is -0.632. The van der Waals surface area contributed by atoms with Crippen LogP contribution in [0.2, 0.25) is 0 Å². The lowest BCUT2D eigenvalue weighted by Gasteiger charge is -2.37. The van der Waals surface area contributed by atoms with Gasteiger partial charge in [-0.2, -0.15) is 0 Å². The maximum Gasteiger partial charge on any atom is 0.137 e. The van der Waals surface area contributed by atoms with Crippen molar-refractivity contribution in [1.82, 2.24) is 4.90 Å². The zero-order valence-corrected chi connectivity index (χ0v) is 13.9. The van der Waals surface area contributed by atoms with Crippen LogP contribution in [-0.4, -0.2) is 30.7 Å². The number of hydrogen-bond donors (Lipinski definition) is 1. The van der Waals surface area contributed by atoms with Crippen molar-refractivity contribution in [2.24, 2.45) is 0 Å². The van der Waals surface area contributed by atoms with E-state index in [1.165, 1.54) is 16.3 Å². The predicted molar refractivity (Wildman–Crippen MR) is 96.4 cm³/mol. The molecule has 1 aliphatic heterocycles. The van der Waals surface area contributed by atoms with Gasteiger partial charge in [0.05, 0.1) is 7.11 Å². The number of aliphatic hydroxyl groups excluding tert-OH is 1. The lowest BCUT2D eigenvalue weighted by atomic mass is 9.83. The number of ether oxygens (including phenoxy) is 1. The normalized spacial score (nSPS) is 20.8. The lowest BCUT2D eigenvalue weighted by molar-refractivity contribution is 0.00685. The summed E-state index contributed by atoms with van der Waals surface area (Å²) in [4.78, 5) is 1.98. The third-order valence-corrected chi connectivity index (χ3v) is 5.02. The highest BCUT2D eigenvalue weighted by molar-refractivity contribution is 5.83. The molecule has 0 aliphatic carbocycles. The van der Waals surface area contributed by atoms with E-state index < -0.39 is 6.23 Å². The van der Waals surface area contributed by atoms with E-state index in [4.69, 9.17) is 4.74 Å². The Kier molecular flexibility index (Phi) is 3.75. The molecule has 2 atom stereocenters. The van der Waals surface area contributed by atoms with Crippen molar-refractivity contribution in [3.05, 3.63) is 77.4 Å². The SMILES string of the molecule is COc1cccc2c1C(O)N(C)CC2c1ccc2ccccc2c1. The molecule has 122 valence electrons. The second kappa shape index (κ2) is 5.93. The molecule has 1 aliphatic rings. The first kappa shape index (κ1) is 15.2. The Balaban J connectivity index is 1.87. The molecule has 4 rings (SSSR count). The number of fused-ring (bicyclic) bond motifs is 2. The summed E-state index contributed by atoms with van der Waals surface area (Å²) in [5.41, 5.74) is 3.30. The number of rotatable bonds is 2. The van der Waals surface area contributed by atoms with Crippen LogP contribution in [0.15, 0.2) is 60.7 Å². The van der Waals surface area contributed by atoms with Crippen molar-refractivity contribution < 1.29 is 9.84 Å². The van der Waals surface area contributed by atoms with Crippen molar-refractivity contribution in [2.45, 2.75) is 12.1 Å². The zero-order chi connectivity index (χ0) is 16.7. The Labute approximate surface area is 142 Å². The van der Waals surface area contributed by atoms with E-state index in [1.807, 2.05) is 24.1 Å². The summed E-state index contributed by atoms with van der Waals surface area (Å²) < 4.78 is 5.50. The van der Waals surface area contributed by atoms with Crippen molar-refractivity contribution in [2.75, 3.05) is 20.7 Å². The fourth-order valence-electron chi connectivity index (χ4n) is 3.74. The highest BCUT2D eigenvalue weighted by atomic mass is 16.5. The van der Waals surface area contributed by atoms with Crippen LogP contribution in [0.4, 0.5) is 0 Å². The van der Waals surface area contributed by atoms with E-state index in [1.54, 1.807) is 7.11 Å². The van der Waals surface area contributed by atoms with E-state index >= 15 is 0 Å². The molecule has 1 N–H and O–H groups in total. The van der Waals surface area contributed by atoms with Crippen LogP contribution >= 0.6 is 0 Å². The second-order valence-electron chi connectivity index (χ2n) is 6.44. The molecule has 0 spiro atoms. The molecule has 0 radical (unpaired) electrons. The average Bonchev–Trinajstić information content (AvgIpc) is 2.63. The minimum Gasteiger partial charge on any atom is -0.496 e. The molecule has 3 heteroatoms. The summed E-state index contributed by atoms with van der Waals surface area (Å²) in [5, 5.41) is 13.1. The minimum atomic E-state index is -0.632. The third kappa shape index (κ3) is 2.37. The Bertz CT molecular complexity index is 890. The van der Waals surface area contributed by atoms with Crippen LogP contribution in [0.3, 0.4) is 0 Å². The summed E-state index contributed by atoms with van der Waals surface area (Å²) in [5.74, 6) is 0.963. The van der Waals surface area contributed by atoms with Crippen LogP contribution in [0, 0.1) is 0 Å². The predicted octanol–water partition coefficient (Wildman–Crippen LogP) is 3.92. The summed E-state index contributed by atoms with van der Waals surface area (Å²) in [6, 6.07) is 21.1. The van der Waals surface area contributed by atoms with Crippen LogP contribution in [0.1, 0.15) is 28.8 Å². The van der Waals surface area contributed by atoms with Crippen molar-refractivity contribution >= 4 is 10.8 Å². The molecule has 24 heavy (non-hydrogen) atoms. The quantitative estimate of drug-likeness (QED) is 0.777. The number of methoxy groups -OCH3 is 1. The first-order valence-electron chi connectivity index (χ1n) is 8.23. The fourth-order valence-corrected chi connectivity index (χ4v) is 3.74. The molecular weight excluding hydrogens is 298 g/mol. The molecule has 0 saturated heterocycles.